The predicted octanol–water partition coefficient (Wildman–Crippen LogP) is 2.89. The first-order valence-corrected chi connectivity index (χ1v) is 6.27. The maximum Gasteiger partial charge on any atom is 0.130 e. The molecule has 4 heteroatoms. The summed E-state index contributed by atoms with van der Waals surface area (Å²) in [7, 11) is 1.70. The topological polar surface area (TPSA) is 48.1 Å². The molecule has 2 N–H and O–H groups in total. The molecule has 0 unspecified atom stereocenters. The highest BCUT2D eigenvalue weighted by molar-refractivity contribution is 7.15. The summed E-state index contributed by atoms with van der Waals surface area (Å²) >= 11 is 1.62. The number of aryl methyl sites for hydroxylation is 2. The van der Waals surface area contributed by atoms with E-state index >= 15 is 0 Å². The molecule has 0 aliphatic carbocycles. The molecular weight excluding hydrogens is 232 g/mol. The first-order valence-electron chi connectivity index (χ1n) is 5.46. The van der Waals surface area contributed by atoms with Crippen LogP contribution in [0.15, 0.2) is 18.3 Å². The van der Waals surface area contributed by atoms with Crippen molar-refractivity contribution >= 4 is 11.3 Å². The van der Waals surface area contributed by atoms with Crippen LogP contribution < -0.4 is 10.5 Å². The van der Waals surface area contributed by atoms with Crippen LogP contribution in [0.1, 0.15) is 16.1 Å². The van der Waals surface area contributed by atoms with Gasteiger partial charge in [-0.15, -0.1) is 11.3 Å². The SMILES string of the molecule is COc1c(C)cc(C)cc1-c1cnc(CN)s1. The summed E-state index contributed by atoms with van der Waals surface area (Å²) in [6.45, 7) is 4.62. The Balaban J connectivity index is 2.57. The van der Waals surface area contributed by atoms with Crippen LogP contribution in [0, 0.1) is 13.8 Å². The third-order valence-corrected chi connectivity index (χ3v) is 3.67. The lowest BCUT2D eigenvalue weighted by molar-refractivity contribution is 0.413. The molecule has 0 amide bonds. The van der Waals surface area contributed by atoms with Gasteiger partial charge in [-0.3, -0.25) is 0 Å². The van der Waals surface area contributed by atoms with Gasteiger partial charge in [0.05, 0.1) is 12.0 Å². The predicted molar refractivity (Wildman–Crippen MR) is 71.5 cm³/mol. The highest BCUT2D eigenvalue weighted by Crippen LogP contribution is 2.36. The van der Waals surface area contributed by atoms with Gasteiger partial charge in [0.2, 0.25) is 0 Å². The monoisotopic (exact) mass is 248 g/mol. The standard InChI is InChI=1S/C13H16N2OS/c1-8-4-9(2)13(16-3)10(5-8)11-7-15-12(6-14)17-11/h4-5,7H,6,14H2,1-3H3. The average Bonchev–Trinajstić information content (AvgIpc) is 2.76. The van der Waals surface area contributed by atoms with Gasteiger partial charge in [0.1, 0.15) is 10.8 Å². The molecule has 90 valence electrons. The minimum atomic E-state index is 0.484. The van der Waals surface area contributed by atoms with E-state index in [0.717, 1.165) is 26.8 Å². The Morgan fingerprint density at radius 3 is 2.71 bits per heavy atom. The number of aromatic nitrogens is 1. The number of hydrogen-bond donors (Lipinski definition) is 1. The second kappa shape index (κ2) is 4.85. The van der Waals surface area contributed by atoms with Crippen LogP contribution in [0.5, 0.6) is 5.75 Å². The minimum Gasteiger partial charge on any atom is -0.496 e. The molecule has 0 fully saturated rings. The fourth-order valence-electron chi connectivity index (χ4n) is 1.94. The lowest BCUT2D eigenvalue weighted by Crippen LogP contribution is -1.93. The molecule has 0 aliphatic heterocycles. The second-order valence-corrected chi connectivity index (χ2v) is 5.10. The van der Waals surface area contributed by atoms with Crippen molar-refractivity contribution in [3.05, 3.63) is 34.5 Å². The van der Waals surface area contributed by atoms with Gasteiger partial charge in [-0.1, -0.05) is 6.07 Å². The zero-order valence-corrected chi connectivity index (χ0v) is 11.1. The van der Waals surface area contributed by atoms with Crippen molar-refractivity contribution in [2.24, 2.45) is 5.73 Å². The lowest BCUT2D eigenvalue weighted by atomic mass is 10.0. The maximum absolute atomic E-state index is 5.59. The van der Waals surface area contributed by atoms with Crippen LogP contribution in [0.4, 0.5) is 0 Å². The molecule has 1 aromatic heterocycles. The third kappa shape index (κ3) is 2.33. The fourth-order valence-corrected chi connectivity index (χ4v) is 2.75. The smallest absolute Gasteiger partial charge is 0.130 e. The van der Waals surface area contributed by atoms with Crippen molar-refractivity contribution in [3.8, 4) is 16.2 Å². The highest BCUT2D eigenvalue weighted by Gasteiger charge is 2.12. The van der Waals surface area contributed by atoms with Gasteiger partial charge in [0.15, 0.2) is 0 Å². The molecule has 3 nitrogen and oxygen atoms in total. The van der Waals surface area contributed by atoms with Crippen LogP contribution in [-0.2, 0) is 6.54 Å². The van der Waals surface area contributed by atoms with E-state index in [1.807, 2.05) is 6.20 Å². The largest absolute Gasteiger partial charge is 0.496 e. The number of nitrogens with two attached hydrogens (primary N) is 1. The van der Waals surface area contributed by atoms with E-state index in [-0.39, 0.29) is 0 Å². The summed E-state index contributed by atoms with van der Waals surface area (Å²) in [6, 6.07) is 4.24. The zero-order valence-electron chi connectivity index (χ0n) is 10.3. The number of hydrogen-bond acceptors (Lipinski definition) is 4. The Hall–Kier alpha value is -1.39. The lowest BCUT2D eigenvalue weighted by Gasteiger charge is -2.11. The van der Waals surface area contributed by atoms with Crippen LogP contribution in [-0.4, -0.2) is 12.1 Å². The Morgan fingerprint density at radius 1 is 1.35 bits per heavy atom. The summed E-state index contributed by atoms with van der Waals surface area (Å²) in [4.78, 5) is 5.39. The van der Waals surface area contributed by atoms with Crippen molar-refractivity contribution in [2.45, 2.75) is 20.4 Å². The van der Waals surface area contributed by atoms with E-state index in [1.165, 1.54) is 5.56 Å². The van der Waals surface area contributed by atoms with E-state index in [1.54, 1.807) is 18.4 Å². The van der Waals surface area contributed by atoms with Gasteiger partial charge >= 0.3 is 0 Å². The summed E-state index contributed by atoms with van der Waals surface area (Å²) in [5.41, 5.74) is 9.05. The molecular formula is C13H16N2OS. The fraction of sp³-hybridized carbons (Fsp3) is 0.308. The maximum atomic E-state index is 5.59. The van der Waals surface area contributed by atoms with E-state index in [2.05, 4.69) is 31.0 Å². The van der Waals surface area contributed by atoms with E-state index < -0.39 is 0 Å². The van der Waals surface area contributed by atoms with E-state index in [4.69, 9.17) is 10.5 Å². The summed E-state index contributed by atoms with van der Waals surface area (Å²) in [5.74, 6) is 0.919. The van der Waals surface area contributed by atoms with Gasteiger partial charge in [-0.05, 0) is 31.0 Å². The third-order valence-electron chi connectivity index (χ3n) is 2.62. The summed E-state index contributed by atoms with van der Waals surface area (Å²) < 4.78 is 5.48. The molecule has 2 aromatic rings. The Bertz CT molecular complexity index is 534. The van der Waals surface area contributed by atoms with Crippen molar-refractivity contribution in [1.29, 1.82) is 0 Å². The van der Waals surface area contributed by atoms with Gasteiger partial charge in [0, 0.05) is 18.3 Å². The molecule has 0 atom stereocenters. The Labute approximate surface area is 105 Å². The van der Waals surface area contributed by atoms with Crippen LogP contribution in [0.25, 0.3) is 10.4 Å². The van der Waals surface area contributed by atoms with E-state index in [0.29, 0.717) is 6.54 Å². The molecule has 1 heterocycles. The molecule has 0 bridgehead atoms. The molecule has 1 aromatic carbocycles. The number of ether oxygens (including phenoxy) is 1. The minimum absolute atomic E-state index is 0.484. The first-order chi connectivity index (χ1) is 8.15. The molecule has 0 radical (unpaired) electrons. The van der Waals surface area contributed by atoms with Gasteiger partial charge < -0.3 is 10.5 Å². The first kappa shape index (κ1) is 12.1. The second-order valence-electron chi connectivity index (χ2n) is 3.99. The number of nitrogens with zero attached hydrogens (tertiary/aromatic N) is 1. The van der Waals surface area contributed by atoms with E-state index in [9.17, 15) is 0 Å². The molecule has 0 spiro atoms. The molecule has 17 heavy (non-hydrogen) atoms. The van der Waals surface area contributed by atoms with Crippen molar-refractivity contribution in [1.82, 2.24) is 4.98 Å². The quantitative estimate of drug-likeness (QED) is 0.908. The molecule has 2 rings (SSSR count). The van der Waals surface area contributed by atoms with Crippen LogP contribution in [0.3, 0.4) is 0 Å². The van der Waals surface area contributed by atoms with Crippen molar-refractivity contribution in [3.63, 3.8) is 0 Å². The van der Waals surface area contributed by atoms with Gasteiger partial charge in [-0.2, -0.15) is 0 Å². The Kier molecular flexibility index (Phi) is 3.45. The number of methoxy groups -OCH3 is 1. The molecule has 0 aliphatic rings. The Morgan fingerprint density at radius 2 is 2.12 bits per heavy atom. The van der Waals surface area contributed by atoms with Crippen LogP contribution in [0.2, 0.25) is 0 Å². The average molecular weight is 248 g/mol. The summed E-state index contributed by atoms with van der Waals surface area (Å²) in [5, 5.41) is 0.946. The van der Waals surface area contributed by atoms with Gasteiger partial charge in [0.25, 0.3) is 0 Å². The number of rotatable bonds is 3. The van der Waals surface area contributed by atoms with Crippen molar-refractivity contribution in [2.75, 3.05) is 7.11 Å². The highest BCUT2D eigenvalue weighted by atomic mass is 32.1. The number of benzene rings is 1. The summed E-state index contributed by atoms with van der Waals surface area (Å²) in [6.07, 6.45) is 1.86. The van der Waals surface area contributed by atoms with Crippen molar-refractivity contribution < 1.29 is 4.74 Å². The molecule has 0 saturated heterocycles. The molecule has 0 saturated carbocycles. The number of thiazole rings is 1. The van der Waals surface area contributed by atoms with Gasteiger partial charge in [-0.25, -0.2) is 4.98 Å². The van der Waals surface area contributed by atoms with Crippen LogP contribution >= 0.6 is 11.3 Å². The normalized spacial score (nSPS) is 10.6. The zero-order chi connectivity index (χ0) is 12.4.